The Morgan fingerprint density at radius 2 is 2.33 bits per heavy atom. The number of hydrogen-bond donors (Lipinski definition) is 2. The highest BCUT2D eigenvalue weighted by Gasteiger charge is 1.69. The molecule has 34 valence electrons. The first-order valence-electron chi connectivity index (χ1n) is 1.59. The molecule has 0 spiro atoms. The molecule has 0 amide bonds. The molecule has 0 aliphatic carbocycles. The number of hydrogen-bond acceptors (Lipinski definition) is 2. The van der Waals surface area contributed by atoms with Crippen LogP contribution in [0.15, 0.2) is 24.9 Å². The molecule has 6 heavy (non-hydrogen) atoms. The fourth-order valence-electron chi connectivity index (χ4n) is 0.0589. The third kappa shape index (κ3) is 1.55. The average Bonchev–Trinajstić information content (AvgIpc) is 1.65. The van der Waals surface area contributed by atoms with E-state index >= 15 is 0 Å². The second-order valence-corrected chi connectivity index (χ2v) is 0.874. The monoisotopic (exact) mass is 84.1 g/mol. The molecule has 0 bridgehead atoms. The molecule has 2 nitrogen and oxygen atoms in total. The van der Waals surface area contributed by atoms with Crippen LogP contribution >= 0.6 is 0 Å². The first-order chi connectivity index (χ1) is 2.81. The standard InChI is InChI=1S/C4H8N2/c1-3-4(2)6-5/h3,6H,1-2,5H2. The summed E-state index contributed by atoms with van der Waals surface area (Å²) in [6.45, 7) is 6.83. The van der Waals surface area contributed by atoms with Crippen LogP contribution in [0.2, 0.25) is 0 Å². The maximum absolute atomic E-state index is 4.86. The van der Waals surface area contributed by atoms with Gasteiger partial charge >= 0.3 is 0 Å². The summed E-state index contributed by atoms with van der Waals surface area (Å²) in [5.74, 6) is 4.86. The SMILES string of the molecule is C=CC(=C)NN. The summed E-state index contributed by atoms with van der Waals surface area (Å²) in [5.41, 5.74) is 2.94. The smallest absolute Gasteiger partial charge is 0.0407 e. The number of nitrogens with one attached hydrogen (secondary N) is 1. The summed E-state index contributed by atoms with van der Waals surface area (Å²) >= 11 is 0. The fraction of sp³-hybridized carbons (Fsp3) is 0. The van der Waals surface area contributed by atoms with Crippen molar-refractivity contribution >= 4 is 0 Å². The van der Waals surface area contributed by atoms with Gasteiger partial charge in [0, 0.05) is 5.70 Å². The van der Waals surface area contributed by atoms with Crippen molar-refractivity contribution in [2.45, 2.75) is 0 Å². The molecule has 0 atom stereocenters. The van der Waals surface area contributed by atoms with Crippen molar-refractivity contribution in [1.82, 2.24) is 5.43 Å². The molecular formula is C4H8N2. The molecule has 0 aromatic rings. The summed E-state index contributed by atoms with van der Waals surface area (Å²) in [7, 11) is 0. The minimum Gasteiger partial charge on any atom is -0.325 e. The summed E-state index contributed by atoms with van der Waals surface area (Å²) in [6.07, 6.45) is 1.54. The van der Waals surface area contributed by atoms with Crippen molar-refractivity contribution < 1.29 is 0 Å². The van der Waals surface area contributed by atoms with Crippen molar-refractivity contribution in [3.05, 3.63) is 24.9 Å². The van der Waals surface area contributed by atoms with Crippen molar-refractivity contribution in [2.75, 3.05) is 0 Å². The van der Waals surface area contributed by atoms with Gasteiger partial charge in [0.05, 0.1) is 0 Å². The van der Waals surface area contributed by atoms with Crippen molar-refractivity contribution in [3.63, 3.8) is 0 Å². The Kier molecular flexibility index (Phi) is 2.16. The van der Waals surface area contributed by atoms with E-state index in [1.54, 1.807) is 6.08 Å². The highest BCUT2D eigenvalue weighted by atomic mass is 15.2. The van der Waals surface area contributed by atoms with Crippen LogP contribution in [-0.4, -0.2) is 0 Å². The second-order valence-electron chi connectivity index (χ2n) is 0.874. The molecule has 0 aliphatic heterocycles. The zero-order valence-corrected chi connectivity index (χ0v) is 3.57. The Hall–Kier alpha value is -0.760. The lowest BCUT2D eigenvalue weighted by Crippen LogP contribution is -2.18. The molecule has 0 rings (SSSR count). The third-order valence-corrected chi connectivity index (χ3v) is 0.432. The van der Waals surface area contributed by atoms with E-state index in [0.717, 1.165) is 0 Å². The fourth-order valence-corrected chi connectivity index (χ4v) is 0.0589. The van der Waals surface area contributed by atoms with Gasteiger partial charge in [-0.25, -0.2) is 0 Å². The summed E-state index contributed by atoms with van der Waals surface area (Å²) in [4.78, 5) is 0. The molecule has 0 radical (unpaired) electrons. The highest BCUT2D eigenvalue weighted by Crippen LogP contribution is 1.74. The average molecular weight is 84.1 g/mol. The summed E-state index contributed by atoms with van der Waals surface area (Å²) in [6, 6.07) is 0. The Labute approximate surface area is 37.3 Å². The first kappa shape index (κ1) is 5.24. The van der Waals surface area contributed by atoms with E-state index in [2.05, 4.69) is 18.6 Å². The molecule has 3 N–H and O–H groups in total. The Morgan fingerprint density at radius 3 is 2.33 bits per heavy atom. The second kappa shape index (κ2) is 2.48. The molecular weight excluding hydrogens is 76.1 g/mol. The van der Waals surface area contributed by atoms with Gasteiger partial charge in [-0.1, -0.05) is 13.2 Å². The van der Waals surface area contributed by atoms with Crippen molar-refractivity contribution in [3.8, 4) is 0 Å². The van der Waals surface area contributed by atoms with Gasteiger partial charge in [-0.2, -0.15) is 0 Å². The number of allylic oxidation sites excluding steroid dienone is 1. The molecule has 2 heteroatoms. The van der Waals surface area contributed by atoms with Crippen molar-refractivity contribution in [1.29, 1.82) is 0 Å². The Bertz CT molecular complexity index is 65.9. The van der Waals surface area contributed by atoms with Crippen LogP contribution in [0.3, 0.4) is 0 Å². The van der Waals surface area contributed by atoms with Gasteiger partial charge in [-0.05, 0) is 6.08 Å². The molecule has 0 saturated heterocycles. The van der Waals surface area contributed by atoms with E-state index in [9.17, 15) is 0 Å². The predicted octanol–water partition coefficient (Wildman–Crippen LogP) is 0.149. The maximum Gasteiger partial charge on any atom is 0.0407 e. The topological polar surface area (TPSA) is 38.0 Å². The predicted molar refractivity (Wildman–Crippen MR) is 26.7 cm³/mol. The summed E-state index contributed by atoms with van der Waals surface area (Å²) < 4.78 is 0. The van der Waals surface area contributed by atoms with Gasteiger partial charge in [-0.15, -0.1) is 0 Å². The van der Waals surface area contributed by atoms with Gasteiger partial charge in [0.25, 0.3) is 0 Å². The molecule has 0 unspecified atom stereocenters. The molecule has 0 heterocycles. The van der Waals surface area contributed by atoms with Gasteiger partial charge in [0.2, 0.25) is 0 Å². The molecule has 0 saturated carbocycles. The van der Waals surface area contributed by atoms with Gasteiger partial charge in [0.15, 0.2) is 0 Å². The van der Waals surface area contributed by atoms with Crippen LogP contribution in [0.1, 0.15) is 0 Å². The van der Waals surface area contributed by atoms with E-state index in [1.807, 2.05) is 0 Å². The molecule has 0 aromatic carbocycles. The van der Waals surface area contributed by atoms with Crippen LogP contribution in [0, 0.1) is 0 Å². The number of rotatable bonds is 2. The zero-order valence-electron chi connectivity index (χ0n) is 3.57. The van der Waals surface area contributed by atoms with Crippen LogP contribution < -0.4 is 11.3 Å². The van der Waals surface area contributed by atoms with E-state index in [-0.39, 0.29) is 0 Å². The van der Waals surface area contributed by atoms with Crippen LogP contribution in [0.4, 0.5) is 0 Å². The minimum absolute atomic E-state index is 0.634. The third-order valence-electron chi connectivity index (χ3n) is 0.432. The normalized spacial score (nSPS) is 6.83. The van der Waals surface area contributed by atoms with E-state index in [4.69, 9.17) is 5.84 Å². The minimum atomic E-state index is 0.634. The Balaban J connectivity index is 3.23. The zero-order chi connectivity index (χ0) is 4.99. The lowest BCUT2D eigenvalue weighted by molar-refractivity contribution is 0.923. The van der Waals surface area contributed by atoms with E-state index in [1.165, 1.54) is 0 Å². The quantitative estimate of drug-likeness (QED) is 0.284. The van der Waals surface area contributed by atoms with E-state index < -0.39 is 0 Å². The number of hydrazine groups is 1. The largest absolute Gasteiger partial charge is 0.325 e. The van der Waals surface area contributed by atoms with Crippen LogP contribution in [-0.2, 0) is 0 Å². The van der Waals surface area contributed by atoms with Gasteiger partial charge < -0.3 is 5.43 Å². The van der Waals surface area contributed by atoms with Crippen molar-refractivity contribution in [2.24, 2.45) is 5.84 Å². The maximum atomic E-state index is 4.86. The van der Waals surface area contributed by atoms with Gasteiger partial charge in [-0.3, -0.25) is 5.84 Å². The van der Waals surface area contributed by atoms with Crippen LogP contribution in [0.25, 0.3) is 0 Å². The van der Waals surface area contributed by atoms with E-state index in [0.29, 0.717) is 5.70 Å². The lowest BCUT2D eigenvalue weighted by atomic mass is 10.5. The first-order valence-corrected chi connectivity index (χ1v) is 1.59. The van der Waals surface area contributed by atoms with Gasteiger partial charge in [0.1, 0.15) is 0 Å². The molecule has 0 fully saturated rings. The number of nitrogens with two attached hydrogens (primary N) is 1. The van der Waals surface area contributed by atoms with Crippen LogP contribution in [0.5, 0.6) is 0 Å². The highest BCUT2D eigenvalue weighted by molar-refractivity contribution is 5.06. The summed E-state index contributed by atoms with van der Waals surface area (Å²) in [5, 5.41) is 0. The molecule has 0 aliphatic rings. The lowest BCUT2D eigenvalue weighted by Gasteiger charge is -1.90. The Morgan fingerprint density at radius 1 is 1.83 bits per heavy atom. The molecule has 0 aromatic heterocycles.